The van der Waals surface area contributed by atoms with Crippen LogP contribution in [-0.2, 0) is 10.5 Å². The van der Waals surface area contributed by atoms with Crippen molar-refractivity contribution in [1.29, 1.82) is 0 Å². The maximum absolute atomic E-state index is 13.1. The number of carbonyl (C=O) groups is 2. The van der Waals surface area contributed by atoms with Gasteiger partial charge in [0, 0.05) is 32.3 Å². The Labute approximate surface area is 207 Å². The number of carbonyl (C=O) groups excluding carboxylic acids is 2. The van der Waals surface area contributed by atoms with Gasteiger partial charge in [-0.1, -0.05) is 43.1 Å². The average molecular weight is 494 g/mol. The summed E-state index contributed by atoms with van der Waals surface area (Å²) in [6, 6.07) is 21.8. The lowest BCUT2D eigenvalue weighted by atomic mass is 10.1. The summed E-state index contributed by atoms with van der Waals surface area (Å²) in [6.45, 7) is 2.44. The van der Waals surface area contributed by atoms with E-state index in [-0.39, 0.29) is 17.6 Å². The molecule has 7 heteroatoms. The average Bonchev–Trinajstić information content (AvgIpc) is 3.23. The summed E-state index contributed by atoms with van der Waals surface area (Å²) in [5, 5.41) is 4.45. The van der Waals surface area contributed by atoms with Gasteiger partial charge in [0.2, 0.25) is 0 Å². The van der Waals surface area contributed by atoms with Crippen molar-refractivity contribution < 1.29 is 18.7 Å². The number of hydrogen-bond acceptors (Lipinski definition) is 5. The van der Waals surface area contributed by atoms with Crippen molar-refractivity contribution in [2.45, 2.75) is 30.4 Å². The topological polar surface area (TPSA) is 68.5 Å². The summed E-state index contributed by atoms with van der Waals surface area (Å²) in [5.74, 6) is 0.112. The van der Waals surface area contributed by atoms with Crippen LogP contribution in [0.5, 0.6) is 0 Å². The number of amides is 1. The van der Waals surface area contributed by atoms with E-state index in [0.717, 1.165) is 28.7 Å². The molecule has 0 unspecified atom stereocenters. The highest BCUT2D eigenvalue weighted by atomic mass is 35.5. The second-order valence-electron chi connectivity index (χ2n) is 7.67. The monoisotopic (exact) mass is 493 g/mol. The number of halogens is 1. The highest BCUT2D eigenvalue weighted by Crippen LogP contribution is 2.33. The van der Waals surface area contributed by atoms with E-state index in [9.17, 15) is 9.59 Å². The highest BCUT2D eigenvalue weighted by molar-refractivity contribution is 7.98. The molecule has 0 aliphatic rings. The highest BCUT2D eigenvalue weighted by Gasteiger charge is 2.21. The minimum atomic E-state index is -0.370. The van der Waals surface area contributed by atoms with E-state index in [4.69, 9.17) is 20.8 Å². The molecule has 1 amide bonds. The molecule has 5 nitrogen and oxygen atoms in total. The molecule has 0 saturated carbocycles. The molecule has 3 aromatic carbocycles. The zero-order valence-electron chi connectivity index (χ0n) is 18.7. The predicted octanol–water partition coefficient (Wildman–Crippen LogP) is 7.59. The number of anilines is 1. The first kappa shape index (κ1) is 23.9. The van der Waals surface area contributed by atoms with Gasteiger partial charge in [0.15, 0.2) is 5.76 Å². The van der Waals surface area contributed by atoms with Gasteiger partial charge in [0.25, 0.3) is 5.91 Å². The van der Waals surface area contributed by atoms with Gasteiger partial charge in [0.05, 0.1) is 12.2 Å². The third-order valence-electron chi connectivity index (χ3n) is 5.21. The van der Waals surface area contributed by atoms with Gasteiger partial charge in [-0.25, -0.2) is 4.79 Å². The molecule has 4 rings (SSSR count). The normalized spacial score (nSPS) is 10.9. The van der Waals surface area contributed by atoms with Crippen molar-refractivity contribution in [3.63, 3.8) is 0 Å². The lowest BCUT2D eigenvalue weighted by Crippen LogP contribution is -2.13. The first-order valence-corrected chi connectivity index (χ1v) is 12.4. The second-order valence-corrected chi connectivity index (χ2v) is 9.15. The molecule has 0 saturated heterocycles. The Hall–Kier alpha value is -3.22. The van der Waals surface area contributed by atoms with Crippen molar-refractivity contribution in [3.8, 4) is 0 Å². The van der Waals surface area contributed by atoms with E-state index in [2.05, 4.69) is 5.32 Å². The lowest BCUT2D eigenvalue weighted by molar-refractivity contribution is 0.0499. The van der Waals surface area contributed by atoms with Crippen LogP contribution in [-0.4, -0.2) is 18.5 Å². The number of benzene rings is 3. The molecular formula is C27H24ClNO4S. The van der Waals surface area contributed by atoms with Crippen LogP contribution in [0.4, 0.5) is 5.69 Å². The van der Waals surface area contributed by atoms with E-state index in [1.165, 1.54) is 0 Å². The fourth-order valence-electron chi connectivity index (χ4n) is 3.38. The number of fused-ring (bicyclic) bond motifs is 1. The van der Waals surface area contributed by atoms with E-state index in [1.54, 1.807) is 36.0 Å². The zero-order chi connectivity index (χ0) is 23.9. The summed E-state index contributed by atoms with van der Waals surface area (Å²) in [4.78, 5) is 26.3. The Morgan fingerprint density at radius 1 is 1.00 bits per heavy atom. The van der Waals surface area contributed by atoms with Crippen LogP contribution in [0.3, 0.4) is 0 Å². The van der Waals surface area contributed by atoms with Gasteiger partial charge in [-0.2, -0.15) is 0 Å². The summed E-state index contributed by atoms with van der Waals surface area (Å²) in [6.07, 6.45) is 1.79. The maximum Gasteiger partial charge on any atom is 0.338 e. The fourth-order valence-corrected chi connectivity index (χ4v) is 4.43. The molecule has 174 valence electrons. The molecule has 1 N–H and O–H groups in total. The van der Waals surface area contributed by atoms with Gasteiger partial charge in [-0.05, 0) is 61.0 Å². The molecule has 1 aromatic heterocycles. The third kappa shape index (κ3) is 5.82. The van der Waals surface area contributed by atoms with Gasteiger partial charge in [0.1, 0.15) is 5.58 Å². The van der Waals surface area contributed by atoms with Crippen LogP contribution >= 0.6 is 23.4 Å². The molecule has 0 bridgehead atoms. The number of nitrogens with one attached hydrogen (secondary N) is 1. The van der Waals surface area contributed by atoms with Crippen molar-refractivity contribution in [2.75, 3.05) is 11.9 Å². The Kier molecular flexibility index (Phi) is 7.93. The smallest absolute Gasteiger partial charge is 0.338 e. The number of ether oxygens (including phenoxy) is 1. The molecule has 0 spiro atoms. The molecule has 0 radical (unpaired) electrons. The molecule has 0 atom stereocenters. The number of rotatable bonds is 9. The Morgan fingerprint density at radius 2 is 1.74 bits per heavy atom. The van der Waals surface area contributed by atoms with Gasteiger partial charge < -0.3 is 14.5 Å². The maximum atomic E-state index is 13.1. The van der Waals surface area contributed by atoms with Crippen LogP contribution in [0, 0.1) is 0 Å². The molecule has 1 heterocycles. The number of unbranched alkanes of at least 4 members (excludes halogenated alkanes) is 1. The second kappa shape index (κ2) is 11.3. The predicted molar refractivity (Wildman–Crippen MR) is 137 cm³/mol. The van der Waals surface area contributed by atoms with Gasteiger partial charge >= 0.3 is 5.97 Å². The van der Waals surface area contributed by atoms with E-state index in [1.807, 2.05) is 55.5 Å². The van der Waals surface area contributed by atoms with Crippen molar-refractivity contribution in [1.82, 2.24) is 0 Å². The van der Waals surface area contributed by atoms with Crippen molar-refractivity contribution in [3.05, 3.63) is 94.7 Å². The third-order valence-corrected chi connectivity index (χ3v) is 6.50. The number of esters is 1. The summed E-state index contributed by atoms with van der Waals surface area (Å²) < 4.78 is 11.2. The summed E-state index contributed by atoms with van der Waals surface area (Å²) in [5.41, 5.74) is 2.48. The standard InChI is InChI=1S/C27H24ClNO4S/c1-2-3-16-32-27(31)18-8-12-20(13-9-18)29-26(30)25-23(22-6-4-5-7-24(22)33-25)17-34-21-14-10-19(28)11-15-21/h4-15H,2-3,16-17H2,1H3,(H,29,30). The lowest BCUT2D eigenvalue weighted by Gasteiger charge is -2.08. The number of para-hydroxylation sites is 1. The largest absolute Gasteiger partial charge is 0.462 e. The van der Waals surface area contributed by atoms with Gasteiger partial charge in [-0.15, -0.1) is 11.8 Å². The van der Waals surface area contributed by atoms with Crippen LogP contribution in [0.15, 0.2) is 82.1 Å². The summed E-state index contributed by atoms with van der Waals surface area (Å²) in [7, 11) is 0. The zero-order valence-corrected chi connectivity index (χ0v) is 20.2. The fraction of sp³-hybridized carbons (Fsp3) is 0.185. The molecule has 4 aromatic rings. The molecule has 34 heavy (non-hydrogen) atoms. The molecular weight excluding hydrogens is 470 g/mol. The molecule has 0 aliphatic carbocycles. The van der Waals surface area contributed by atoms with Crippen LogP contribution in [0.25, 0.3) is 11.0 Å². The van der Waals surface area contributed by atoms with Crippen molar-refractivity contribution >= 4 is 51.9 Å². The van der Waals surface area contributed by atoms with Crippen molar-refractivity contribution in [2.24, 2.45) is 0 Å². The van der Waals surface area contributed by atoms with Crippen LogP contribution in [0.2, 0.25) is 5.02 Å². The number of thioether (sulfide) groups is 1. The number of hydrogen-bond donors (Lipinski definition) is 1. The Bertz CT molecular complexity index is 1280. The summed E-state index contributed by atoms with van der Waals surface area (Å²) >= 11 is 7.59. The van der Waals surface area contributed by atoms with E-state index >= 15 is 0 Å². The SMILES string of the molecule is CCCCOC(=O)c1ccc(NC(=O)c2oc3ccccc3c2CSc2ccc(Cl)cc2)cc1. The van der Waals surface area contributed by atoms with Crippen LogP contribution in [0.1, 0.15) is 46.2 Å². The first-order valence-electron chi connectivity index (χ1n) is 11.0. The Morgan fingerprint density at radius 3 is 2.47 bits per heavy atom. The molecule has 0 fully saturated rings. The first-order chi connectivity index (χ1) is 16.5. The minimum Gasteiger partial charge on any atom is -0.462 e. The van der Waals surface area contributed by atoms with Crippen LogP contribution < -0.4 is 5.32 Å². The van der Waals surface area contributed by atoms with E-state index < -0.39 is 0 Å². The molecule has 0 aliphatic heterocycles. The minimum absolute atomic E-state index is 0.269. The quantitative estimate of drug-likeness (QED) is 0.148. The number of furan rings is 1. The Balaban J connectivity index is 1.50. The van der Waals surface area contributed by atoms with E-state index in [0.29, 0.717) is 34.2 Å². The van der Waals surface area contributed by atoms with Gasteiger partial charge in [-0.3, -0.25) is 4.79 Å².